The number of rotatable bonds is 5. The minimum atomic E-state index is -0.971. The molecule has 0 spiro atoms. The predicted molar refractivity (Wildman–Crippen MR) is 91.2 cm³/mol. The number of carbonyl (C=O) groups excluding carboxylic acids is 2. The van der Waals surface area contributed by atoms with Crippen LogP contribution in [0.4, 0.5) is 8.78 Å². The van der Waals surface area contributed by atoms with Gasteiger partial charge in [-0.1, -0.05) is 23.3 Å². The molecule has 0 aromatic heterocycles. The summed E-state index contributed by atoms with van der Waals surface area (Å²) in [4.78, 5) is 24.1. The number of benzene rings is 2. The van der Waals surface area contributed by atoms with E-state index in [1.54, 1.807) is 19.1 Å². The molecule has 2 aromatic rings. The summed E-state index contributed by atoms with van der Waals surface area (Å²) in [7, 11) is 0. The van der Waals surface area contributed by atoms with Crippen molar-refractivity contribution in [3.8, 4) is 0 Å². The van der Waals surface area contributed by atoms with Crippen LogP contribution in [0.15, 0.2) is 36.4 Å². The lowest BCUT2D eigenvalue weighted by Crippen LogP contribution is -2.38. The Labute approximate surface area is 145 Å². The zero-order valence-corrected chi connectivity index (χ0v) is 14.3. The first-order chi connectivity index (χ1) is 11.8. The molecule has 1 atom stereocenters. The van der Waals surface area contributed by atoms with Gasteiger partial charge in [0.05, 0.1) is 12.6 Å². The van der Waals surface area contributed by atoms with E-state index >= 15 is 0 Å². The third-order valence-electron chi connectivity index (χ3n) is 3.71. The Kier molecular flexibility index (Phi) is 5.85. The van der Waals surface area contributed by atoms with Crippen molar-refractivity contribution in [2.75, 3.05) is 6.54 Å². The normalized spacial score (nSPS) is 11.7. The second-order valence-electron chi connectivity index (χ2n) is 6.02. The van der Waals surface area contributed by atoms with E-state index in [-0.39, 0.29) is 12.5 Å². The zero-order chi connectivity index (χ0) is 18.6. The number of amides is 2. The van der Waals surface area contributed by atoms with Crippen molar-refractivity contribution in [1.82, 2.24) is 10.6 Å². The quantitative estimate of drug-likeness (QED) is 0.874. The number of halogens is 2. The van der Waals surface area contributed by atoms with E-state index < -0.39 is 23.6 Å². The van der Waals surface area contributed by atoms with Crippen molar-refractivity contribution in [2.45, 2.75) is 26.8 Å². The van der Waals surface area contributed by atoms with Crippen LogP contribution in [0, 0.1) is 25.5 Å². The first-order valence-electron chi connectivity index (χ1n) is 7.87. The van der Waals surface area contributed by atoms with Crippen molar-refractivity contribution in [3.05, 3.63) is 70.3 Å². The van der Waals surface area contributed by atoms with E-state index in [1.807, 2.05) is 19.9 Å². The maximum atomic E-state index is 13.2. The summed E-state index contributed by atoms with van der Waals surface area (Å²) in [6.45, 7) is 5.22. The summed E-state index contributed by atoms with van der Waals surface area (Å²) in [6, 6.07) is 8.36. The molecule has 6 heteroatoms. The highest BCUT2D eigenvalue weighted by atomic mass is 19.2. The molecule has 0 unspecified atom stereocenters. The van der Waals surface area contributed by atoms with Gasteiger partial charge >= 0.3 is 0 Å². The molecular formula is C19H20F2N2O2. The van der Waals surface area contributed by atoms with Gasteiger partial charge in [-0.15, -0.1) is 0 Å². The van der Waals surface area contributed by atoms with Crippen LogP contribution in [0.2, 0.25) is 0 Å². The van der Waals surface area contributed by atoms with Gasteiger partial charge in [0.1, 0.15) is 0 Å². The van der Waals surface area contributed by atoms with Gasteiger partial charge in [-0.25, -0.2) is 8.78 Å². The first-order valence-corrected chi connectivity index (χ1v) is 7.87. The van der Waals surface area contributed by atoms with E-state index in [1.165, 1.54) is 6.07 Å². The molecule has 0 saturated heterocycles. The number of nitrogens with one attached hydrogen (secondary N) is 2. The Morgan fingerprint density at radius 3 is 2.24 bits per heavy atom. The maximum absolute atomic E-state index is 13.2. The molecule has 25 heavy (non-hydrogen) atoms. The molecule has 0 aliphatic rings. The van der Waals surface area contributed by atoms with Gasteiger partial charge in [0, 0.05) is 5.56 Å². The molecule has 0 radical (unpaired) electrons. The molecule has 2 N–H and O–H groups in total. The standard InChI is InChI=1S/C19H20F2N2O2/c1-11-6-12(2)8-15(7-11)19(25)22-10-18(24)23-13(3)14-4-5-16(20)17(21)9-14/h4-9,13H,10H2,1-3H3,(H,22,25)(H,23,24)/t13-/m0/s1. The highest BCUT2D eigenvalue weighted by Crippen LogP contribution is 2.15. The average molecular weight is 346 g/mol. The second-order valence-corrected chi connectivity index (χ2v) is 6.02. The molecule has 0 bridgehead atoms. The van der Waals surface area contributed by atoms with E-state index in [9.17, 15) is 18.4 Å². The van der Waals surface area contributed by atoms with Crippen LogP contribution >= 0.6 is 0 Å². The van der Waals surface area contributed by atoms with Crippen LogP contribution in [0.5, 0.6) is 0 Å². The molecule has 0 heterocycles. The summed E-state index contributed by atoms with van der Waals surface area (Å²) in [5.41, 5.74) is 2.84. The fraction of sp³-hybridized carbons (Fsp3) is 0.263. The average Bonchev–Trinajstić information content (AvgIpc) is 2.54. The first kappa shape index (κ1) is 18.6. The zero-order valence-electron chi connectivity index (χ0n) is 14.3. The molecule has 0 saturated carbocycles. The largest absolute Gasteiger partial charge is 0.348 e. The van der Waals surface area contributed by atoms with E-state index in [0.29, 0.717) is 11.1 Å². The van der Waals surface area contributed by atoms with Crippen LogP contribution in [0.1, 0.15) is 40.0 Å². The number of hydrogen-bond acceptors (Lipinski definition) is 2. The number of aryl methyl sites for hydroxylation is 2. The van der Waals surface area contributed by atoms with Gasteiger partial charge in [0.25, 0.3) is 5.91 Å². The maximum Gasteiger partial charge on any atom is 0.251 e. The van der Waals surface area contributed by atoms with E-state index in [4.69, 9.17) is 0 Å². The Balaban J connectivity index is 1.91. The Hall–Kier alpha value is -2.76. The van der Waals surface area contributed by atoms with Crippen molar-refractivity contribution in [2.24, 2.45) is 0 Å². The van der Waals surface area contributed by atoms with Crippen LogP contribution in [0.25, 0.3) is 0 Å². The highest BCUT2D eigenvalue weighted by molar-refractivity contribution is 5.96. The molecule has 132 valence electrons. The lowest BCUT2D eigenvalue weighted by Gasteiger charge is -2.15. The molecular weight excluding hydrogens is 326 g/mol. The van der Waals surface area contributed by atoms with Gasteiger partial charge in [-0.3, -0.25) is 9.59 Å². The summed E-state index contributed by atoms with van der Waals surface area (Å²) < 4.78 is 26.2. The summed E-state index contributed by atoms with van der Waals surface area (Å²) in [5.74, 6) is -2.68. The van der Waals surface area contributed by atoms with E-state index in [2.05, 4.69) is 10.6 Å². The van der Waals surface area contributed by atoms with Gasteiger partial charge < -0.3 is 10.6 Å². The fourth-order valence-electron chi connectivity index (χ4n) is 2.53. The van der Waals surface area contributed by atoms with Gasteiger partial charge in [-0.05, 0) is 50.6 Å². The molecule has 4 nitrogen and oxygen atoms in total. The number of carbonyl (C=O) groups is 2. The molecule has 2 amide bonds. The Morgan fingerprint density at radius 1 is 1.00 bits per heavy atom. The SMILES string of the molecule is Cc1cc(C)cc(C(=O)NCC(=O)N[C@@H](C)c2ccc(F)c(F)c2)c1. The van der Waals surface area contributed by atoms with Crippen molar-refractivity contribution >= 4 is 11.8 Å². The highest BCUT2D eigenvalue weighted by Gasteiger charge is 2.13. The molecule has 0 aliphatic heterocycles. The monoisotopic (exact) mass is 346 g/mol. The van der Waals surface area contributed by atoms with Crippen molar-refractivity contribution in [1.29, 1.82) is 0 Å². The topological polar surface area (TPSA) is 58.2 Å². The molecule has 0 aliphatic carbocycles. The third-order valence-corrected chi connectivity index (χ3v) is 3.71. The van der Waals surface area contributed by atoms with Crippen molar-refractivity contribution in [3.63, 3.8) is 0 Å². The smallest absolute Gasteiger partial charge is 0.251 e. The minimum absolute atomic E-state index is 0.208. The van der Waals surface area contributed by atoms with Crippen LogP contribution in [-0.2, 0) is 4.79 Å². The van der Waals surface area contributed by atoms with Crippen LogP contribution < -0.4 is 10.6 Å². The lowest BCUT2D eigenvalue weighted by molar-refractivity contribution is -0.120. The second kappa shape index (κ2) is 7.88. The molecule has 0 fully saturated rings. The Morgan fingerprint density at radius 2 is 1.64 bits per heavy atom. The Bertz CT molecular complexity index is 786. The summed E-state index contributed by atoms with van der Waals surface area (Å²) >= 11 is 0. The van der Waals surface area contributed by atoms with Gasteiger partial charge in [0.15, 0.2) is 11.6 Å². The number of hydrogen-bond donors (Lipinski definition) is 2. The van der Waals surface area contributed by atoms with Gasteiger partial charge in [-0.2, -0.15) is 0 Å². The molecule has 2 rings (SSSR count). The lowest BCUT2D eigenvalue weighted by atomic mass is 10.1. The minimum Gasteiger partial charge on any atom is -0.348 e. The summed E-state index contributed by atoms with van der Waals surface area (Å²) in [6.07, 6.45) is 0. The van der Waals surface area contributed by atoms with Crippen LogP contribution in [-0.4, -0.2) is 18.4 Å². The van der Waals surface area contributed by atoms with Crippen molar-refractivity contribution < 1.29 is 18.4 Å². The molecule has 2 aromatic carbocycles. The fourth-order valence-corrected chi connectivity index (χ4v) is 2.53. The summed E-state index contributed by atoms with van der Waals surface area (Å²) in [5, 5.41) is 5.18. The van der Waals surface area contributed by atoms with Crippen LogP contribution in [0.3, 0.4) is 0 Å². The van der Waals surface area contributed by atoms with Gasteiger partial charge in [0.2, 0.25) is 5.91 Å². The predicted octanol–water partition coefficient (Wildman–Crippen LogP) is 3.19. The van der Waals surface area contributed by atoms with E-state index in [0.717, 1.165) is 23.3 Å². The third kappa shape index (κ3) is 5.11.